The molecule has 1 heterocycles. The Hall–Kier alpha value is -2.89. The standard InChI is InChI=1S/C21H23NO5/c1-4-27-18-12-14(8-9-17(18)26-3)16(11-13(2)23)21-10-6-5-7-15(21)19(24)22-20(21)25/h5-9,12,16H,4,10-11H2,1-3H3,(H,22,24,25)/t16-,21?/m1/s1. The number of ether oxygens (including phenoxy) is 2. The van der Waals surface area contributed by atoms with E-state index in [1.807, 2.05) is 19.1 Å². The van der Waals surface area contributed by atoms with Crippen LogP contribution in [0.1, 0.15) is 38.2 Å². The molecule has 142 valence electrons. The largest absolute Gasteiger partial charge is 0.493 e. The minimum absolute atomic E-state index is 0.0517. The number of imide groups is 1. The lowest BCUT2D eigenvalue weighted by Crippen LogP contribution is -2.39. The molecule has 0 bridgehead atoms. The molecule has 0 radical (unpaired) electrons. The molecule has 2 amide bonds. The summed E-state index contributed by atoms with van der Waals surface area (Å²) in [7, 11) is 1.55. The second kappa shape index (κ2) is 7.39. The van der Waals surface area contributed by atoms with Gasteiger partial charge in [-0.2, -0.15) is 0 Å². The number of methoxy groups -OCH3 is 1. The van der Waals surface area contributed by atoms with Crippen LogP contribution in [-0.2, 0) is 14.4 Å². The van der Waals surface area contributed by atoms with Crippen molar-refractivity contribution in [3.8, 4) is 11.5 Å². The zero-order chi connectivity index (χ0) is 19.6. The Morgan fingerprint density at radius 3 is 2.74 bits per heavy atom. The smallest absolute Gasteiger partial charge is 0.254 e. The normalized spacial score (nSPS) is 22.0. The lowest BCUT2D eigenvalue weighted by atomic mass is 9.63. The Bertz CT molecular complexity index is 854. The van der Waals surface area contributed by atoms with Crippen LogP contribution in [0.2, 0.25) is 0 Å². The number of allylic oxidation sites excluding steroid dienone is 3. The molecule has 1 fully saturated rings. The maximum atomic E-state index is 12.9. The molecule has 0 saturated carbocycles. The van der Waals surface area contributed by atoms with Gasteiger partial charge in [-0.3, -0.25) is 14.9 Å². The summed E-state index contributed by atoms with van der Waals surface area (Å²) >= 11 is 0. The van der Waals surface area contributed by atoms with Gasteiger partial charge >= 0.3 is 0 Å². The summed E-state index contributed by atoms with van der Waals surface area (Å²) in [6.07, 6.45) is 5.82. The van der Waals surface area contributed by atoms with E-state index in [0.717, 1.165) is 5.56 Å². The van der Waals surface area contributed by atoms with Crippen LogP contribution in [0.25, 0.3) is 0 Å². The van der Waals surface area contributed by atoms with Gasteiger partial charge in [-0.25, -0.2) is 0 Å². The molecule has 2 atom stereocenters. The Labute approximate surface area is 158 Å². The summed E-state index contributed by atoms with van der Waals surface area (Å²) in [6.45, 7) is 3.82. The average molecular weight is 369 g/mol. The molecular weight excluding hydrogens is 346 g/mol. The first-order valence-electron chi connectivity index (χ1n) is 8.97. The van der Waals surface area contributed by atoms with Gasteiger partial charge in [0, 0.05) is 17.9 Å². The lowest BCUT2D eigenvalue weighted by molar-refractivity contribution is -0.129. The van der Waals surface area contributed by atoms with Crippen molar-refractivity contribution in [2.24, 2.45) is 5.41 Å². The summed E-state index contributed by atoms with van der Waals surface area (Å²) in [5.74, 6) is -0.165. The van der Waals surface area contributed by atoms with E-state index in [-0.39, 0.29) is 18.1 Å². The number of nitrogens with one attached hydrogen (secondary N) is 1. The molecule has 0 aromatic heterocycles. The van der Waals surface area contributed by atoms with E-state index in [2.05, 4.69) is 5.32 Å². The van der Waals surface area contributed by atoms with Crippen molar-refractivity contribution >= 4 is 17.6 Å². The third-order valence-electron chi connectivity index (χ3n) is 5.17. The summed E-state index contributed by atoms with van der Waals surface area (Å²) in [5, 5.41) is 2.43. The third-order valence-corrected chi connectivity index (χ3v) is 5.17. The van der Waals surface area contributed by atoms with Gasteiger partial charge < -0.3 is 14.3 Å². The maximum Gasteiger partial charge on any atom is 0.254 e. The van der Waals surface area contributed by atoms with E-state index in [1.54, 1.807) is 31.4 Å². The van der Waals surface area contributed by atoms with Crippen molar-refractivity contribution in [2.45, 2.75) is 32.6 Å². The molecule has 6 heteroatoms. The first kappa shape index (κ1) is 18.9. The van der Waals surface area contributed by atoms with Gasteiger partial charge in [-0.05, 0) is 38.0 Å². The number of amides is 2. The van der Waals surface area contributed by atoms with Crippen LogP contribution in [0.15, 0.2) is 42.0 Å². The number of fused-ring (bicyclic) bond motifs is 1. The van der Waals surface area contributed by atoms with Crippen LogP contribution in [0.5, 0.6) is 11.5 Å². The van der Waals surface area contributed by atoms with Crippen LogP contribution in [-0.4, -0.2) is 31.3 Å². The van der Waals surface area contributed by atoms with Gasteiger partial charge in [0.15, 0.2) is 11.5 Å². The Kier molecular flexibility index (Phi) is 5.17. The van der Waals surface area contributed by atoms with Crippen LogP contribution in [0.4, 0.5) is 0 Å². The Morgan fingerprint density at radius 1 is 1.30 bits per heavy atom. The van der Waals surface area contributed by atoms with E-state index in [0.29, 0.717) is 30.1 Å². The number of hydrogen-bond donors (Lipinski definition) is 1. The highest BCUT2D eigenvalue weighted by Crippen LogP contribution is 2.52. The van der Waals surface area contributed by atoms with Gasteiger partial charge in [-0.15, -0.1) is 0 Å². The van der Waals surface area contributed by atoms with E-state index in [9.17, 15) is 14.4 Å². The van der Waals surface area contributed by atoms with Crippen molar-refractivity contribution in [3.63, 3.8) is 0 Å². The van der Waals surface area contributed by atoms with Crippen LogP contribution in [0, 0.1) is 5.41 Å². The number of hydrogen-bond acceptors (Lipinski definition) is 5. The van der Waals surface area contributed by atoms with Crippen molar-refractivity contribution in [3.05, 3.63) is 47.6 Å². The molecule has 1 N–H and O–H groups in total. The summed E-state index contributed by atoms with van der Waals surface area (Å²) in [5.41, 5.74) is 0.0887. The van der Waals surface area contributed by atoms with Crippen LogP contribution in [0.3, 0.4) is 0 Å². The van der Waals surface area contributed by atoms with E-state index in [1.165, 1.54) is 6.92 Å². The SMILES string of the molecule is CCOc1cc([C@@H](CC(C)=O)C23CC=CC=C2C(=O)NC3=O)ccc1OC. The summed E-state index contributed by atoms with van der Waals surface area (Å²) in [4.78, 5) is 37.3. The molecule has 6 nitrogen and oxygen atoms in total. The van der Waals surface area contributed by atoms with Gasteiger partial charge in [0.1, 0.15) is 5.78 Å². The minimum atomic E-state index is -1.09. The fraction of sp³-hybridized carbons (Fsp3) is 0.381. The van der Waals surface area contributed by atoms with Gasteiger partial charge in [0.2, 0.25) is 5.91 Å². The molecule has 3 rings (SSSR count). The van der Waals surface area contributed by atoms with Crippen molar-refractivity contribution in [2.75, 3.05) is 13.7 Å². The molecule has 1 unspecified atom stereocenters. The average Bonchev–Trinajstić information content (AvgIpc) is 2.91. The molecule has 0 spiro atoms. The molecule has 2 aliphatic rings. The van der Waals surface area contributed by atoms with Crippen molar-refractivity contribution in [1.29, 1.82) is 0 Å². The molecule has 27 heavy (non-hydrogen) atoms. The van der Waals surface area contributed by atoms with Gasteiger partial charge in [0.05, 0.1) is 19.1 Å². The number of ketones is 1. The summed E-state index contributed by atoms with van der Waals surface area (Å²) < 4.78 is 11.0. The number of rotatable bonds is 7. The molecule has 1 aromatic carbocycles. The zero-order valence-electron chi connectivity index (χ0n) is 15.7. The van der Waals surface area contributed by atoms with E-state index < -0.39 is 17.2 Å². The number of Topliss-reactive ketones (excluding diaryl/α,β-unsaturated/α-hetero) is 1. The molecule has 1 aliphatic carbocycles. The predicted molar refractivity (Wildman–Crippen MR) is 99.6 cm³/mol. The fourth-order valence-electron chi connectivity index (χ4n) is 3.98. The predicted octanol–water partition coefficient (Wildman–Crippen LogP) is 2.69. The molecule has 1 aromatic rings. The lowest BCUT2D eigenvalue weighted by Gasteiger charge is -2.36. The number of benzene rings is 1. The summed E-state index contributed by atoms with van der Waals surface area (Å²) in [6, 6.07) is 5.40. The van der Waals surface area contributed by atoms with Crippen molar-refractivity contribution < 1.29 is 23.9 Å². The third kappa shape index (κ3) is 3.16. The topological polar surface area (TPSA) is 81.7 Å². The Morgan fingerprint density at radius 2 is 2.07 bits per heavy atom. The molecular formula is C21H23NO5. The highest BCUT2D eigenvalue weighted by atomic mass is 16.5. The van der Waals surface area contributed by atoms with Crippen LogP contribution >= 0.6 is 0 Å². The second-order valence-corrected chi connectivity index (χ2v) is 6.77. The molecule has 1 aliphatic heterocycles. The first-order chi connectivity index (χ1) is 12.9. The van der Waals surface area contributed by atoms with Gasteiger partial charge in [-0.1, -0.05) is 24.3 Å². The Balaban J connectivity index is 2.15. The minimum Gasteiger partial charge on any atom is -0.493 e. The highest BCUT2D eigenvalue weighted by Gasteiger charge is 2.56. The molecule has 1 saturated heterocycles. The number of carbonyl (C=O) groups excluding carboxylic acids is 3. The second-order valence-electron chi connectivity index (χ2n) is 6.77. The zero-order valence-corrected chi connectivity index (χ0v) is 15.7. The number of carbonyl (C=O) groups is 3. The van der Waals surface area contributed by atoms with Crippen LogP contribution < -0.4 is 14.8 Å². The quantitative estimate of drug-likeness (QED) is 0.748. The maximum absolute atomic E-state index is 12.9. The van der Waals surface area contributed by atoms with Gasteiger partial charge in [0.25, 0.3) is 5.91 Å². The van der Waals surface area contributed by atoms with E-state index >= 15 is 0 Å². The first-order valence-corrected chi connectivity index (χ1v) is 8.97. The van der Waals surface area contributed by atoms with E-state index in [4.69, 9.17) is 9.47 Å². The fourth-order valence-corrected chi connectivity index (χ4v) is 3.98. The monoisotopic (exact) mass is 369 g/mol. The van der Waals surface area contributed by atoms with Crippen molar-refractivity contribution in [1.82, 2.24) is 5.32 Å². The highest BCUT2D eigenvalue weighted by molar-refractivity contribution is 6.18.